The fourth-order valence-corrected chi connectivity index (χ4v) is 3.31. The van der Waals surface area contributed by atoms with Gasteiger partial charge in [0.15, 0.2) is 0 Å². The predicted molar refractivity (Wildman–Crippen MR) is 83.8 cm³/mol. The number of amides is 2. The maximum atomic E-state index is 12.5. The molecule has 0 spiro atoms. The Morgan fingerprint density at radius 3 is 2.59 bits per heavy atom. The molecule has 1 aromatic carbocycles. The number of hydrogen-bond donors (Lipinski definition) is 0. The lowest BCUT2D eigenvalue weighted by molar-refractivity contribution is -0.169. The van der Waals surface area contributed by atoms with Crippen molar-refractivity contribution in [1.82, 2.24) is 14.9 Å². The van der Waals surface area contributed by atoms with E-state index in [1.807, 2.05) is 30.0 Å². The van der Waals surface area contributed by atoms with Gasteiger partial charge in [-0.2, -0.15) is 0 Å². The third-order valence-electron chi connectivity index (χ3n) is 4.49. The van der Waals surface area contributed by atoms with Gasteiger partial charge in [0.2, 0.25) is 0 Å². The van der Waals surface area contributed by atoms with Crippen LogP contribution in [0.4, 0.5) is 0 Å². The molecular formula is C17H23N3O2. The Labute approximate surface area is 131 Å². The van der Waals surface area contributed by atoms with E-state index in [-0.39, 0.29) is 17.9 Å². The molecule has 1 unspecified atom stereocenters. The topological polar surface area (TPSA) is 43.9 Å². The highest BCUT2D eigenvalue weighted by Crippen LogP contribution is 2.21. The van der Waals surface area contributed by atoms with Crippen molar-refractivity contribution in [2.45, 2.75) is 32.2 Å². The molecule has 1 aromatic rings. The summed E-state index contributed by atoms with van der Waals surface area (Å²) in [5, 5.41) is 3.35. The van der Waals surface area contributed by atoms with Gasteiger partial charge >= 0.3 is 0 Å². The number of carbonyl (C=O) groups excluding carboxylic acids is 2. The zero-order chi connectivity index (χ0) is 15.5. The largest absolute Gasteiger partial charge is 0.285 e. The van der Waals surface area contributed by atoms with Crippen molar-refractivity contribution >= 4 is 11.8 Å². The second-order valence-electron chi connectivity index (χ2n) is 6.19. The van der Waals surface area contributed by atoms with Gasteiger partial charge in [-0.05, 0) is 31.7 Å². The number of nitrogens with zero attached hydrogens (tertiary/aromatic N) is 3. The second kappa shape index (κ2) is 6.48. The van der Waals surface area contributed by atoms with Crippen molar-refractivity contribution in [3.63, 3.8) is 0 Å². The van der Waals surface area contributed by atoms with E-state index in [0.29, 0.717) is 19.6 Å². The van der Waals surface area contributed by atoms with E-state index in [2.05, 4.69) is 12.1 Å². The number of fused-ring (bicyclic) bond motifs is 1. The van der Waals surface area contributed by atoms with E-state index in [1.165, 1.54) is 5.56 Å². The summed E-state index contributed by atoms with van der Waals surface area (Å²) in [6.45, 7) is 4.09. The zero-order valence-corrected chi connectivity index (χ0v) is 13.1. The Morgan fingerprint density at radius 1 is 1.09 bits per heavy atom. The van der Waals surface area contributed by atoms with Crippen LogP contribution in [0.1, 0.15) is 25.3 Å². The standard InChI is InChI=1S/C17H23N3O2/c1-14-6-5-10-19-16(21)12-18(13-17(22)20(14)19)11-9-15-7-3-2-4-8-15/h2-4,7-8,14H,5-6,9-13H2,1H3. The minimum atomic E-state index is 0.0467. The van der Waals surface area contributed by atoms with E-state index in [9.17, 15) is 9.59 Å². The molecule has 0 radical (unpaired) electrons. The first kappa shape index (κ1) is 15.0. The van der Waals surface area contributed by atoms with Crippen molar-refractivity contribution in [3.05, 3.63) is 35.9 Å². The summed E-state index contributed by atoms with van der Waals surface area (Å²) in [6, 6.07) is 10.3. The summed E-state index contributed by atoms with van der Waals surface area (Å²) in [7, 11) is 0. The predicted octanol–water partition coefficient (Wildman–Crippen LogP) is 1.30. The summed E-state index contributed by atoms with van der Waals surface area (Å²) in [5.74, 6) is 0.0940. The highest BCUT2D eigenvalue weighted by atomic mass is 16.2. The van der Waals surface area contributed by atoms with Crippen molar-refractivity contribution < 1.29 is 9.59 Å². The average molecular weight is 301 g/mol. The molecule has 0 bridgehead atoms. The van der Waals surface area contributed by atoms with Gasteiger partial charge in [0.25, 0.3) is 11.8 Å². The average Bonchev–Trinajstić information content (AvgIpc) is 2.64. The Balaban J connectivity index is 1.67. The van der Waals surface area contributed by atoms with Crippen LogP contribution in [0.25, 0.3) is 0 Å². The van der Waals surface area contributed by atoms with Crippen molar-refractivity contribution in [1.29, 1.82) is 0 Å². The number of hydrogen-bond acceptors (Lipinski definition) is 3. The van der Waals surface area contributed by atoms with Gasteiger partial charge in [-0.25, -0.2) is 5.01 Å². The van der Waals surface area contributed by atoms with Crippen LogP contribution in [0.3, 0.4) is 0 Å². The minimum Gasteiger partial charge on any atom is -0.285 e. The first-order valence-corrected chi connectivity index (χ1v) is 8.04. The zero-order valence-electron chi connectivity index (χ0n) is 13.1. The van der Waals surface area contributed by atoms with Gasteiger partial charge in [0.1, 0.15) is 0 Å². The van der Waals surface area contributed by atoms with E-state index in [0.717, 1.165) is 25.8 Å². The summed E-state index contributed by atoms with van der Waals surface area (Å²) in [4.78, 5) is 26.9. The Morgan fingerprint density at radius 2 is 1.82 bits per heavy atom. The Kier molecular flexibility index (Phi) is 4.43. The number of rotatable bonds is 3. The molecule has 0 aromatic heterocycles. The van der Waals surface area contributed by atoms with Crippen LogP contribution in [0, 0.1) is 0 Å². The fourth-order valence-electron chi connectivity index (χ4n) is 3.31. The monoisotopic (exact) mass is 301 g/mol. The minimum absolute atomic E-state index is 0.0467. The van der Waals surface area contributed by atoms with Gasteiger partial charge in [-0.15, -0.1) is 0 Å². The van der Waals surface area contributed by atoms with Crippen LogP contribution in [0.5, 0.6) is 0 Å². The molecule has 0 N–H and O–H groups in total. The maximum absolute atomic E-state index is 12.5. The number of carbonyl (C=O) groups is 2. The van der Waals surface area contributed by atoms with Gasteiger partial charge in [-0.1, -0.05) is 30.3 Å². The lowest BCUT2D eigenvalue weighted by Gasteiger charge is -2.41. The second-order valence-corrected chi connectivity index (χ2v) is 6.19. The molecule has 22 heavy (non-hydrogen) atoms. The third kappa shape index (κ3) is 3.14. The van der Waals surface area contributed by atoms with Gasteiger partial charge < -0.3 is 0 Å². The smallest absolute Gasteiger partial charge is 0.255 e. The SMILES string of the molecule is CC1CCCN2C(=O)CN(CCc3ccccc3)CC(=O)N12. The summed E-state index contributed by atoms with van der Waals surface area (Å²) >= 11 is 0. The molecule has 3 rings (SSSR count). The number of benzene rings is 1. The molecular weight excluding hydrogens is 278 g/mol. The lowest BCUT2D eigenvalue weighted by Crippen LogP contribution is -2.56. The van der Waals surface area contributed by atoms with Crippen molar-refractivity contribution in [2.24, 2.45) is 0 Å². The molecule has 0 aliphatic carbocycles. The van der Waals surface area contributed by atoms with Crippen LogP contribution in [-0.4, -0.2) is 59.0 Å². The van der Waals surface area contributed by atoms with Crippen LogP contribution in [0.2, 0.25) is 0 Å². The molecule has 2 heterocycles. The summed E-state index contributed by atoms with van der Waals surface area (Å²) in [6.07, 6.45) is 2.80. The molecule has 5 nitrogen and oxygen atoms in total. The third-order valence-corrected chi connectivity index (χ3v) is 4.49. The quantitative estimate of drug-likeness (QED) is 0.845. The van der Waals surface area contributed by atoms with E-state index < -0.39 is 0 Å². The summed E-state index contributed by atoms with van der Waals surface area (Å²) in [5.41, 5.74) is 1.23. The lowest BCUT2D eigenvalue weighted by atomic mass is 10.1. The molecule has 2 aliphatic rings. The van der Waals surface area contributed by atoms with Crippen molar-refractivity contribution in [3.8, 4) is 0 Å². The molecule has 118 valence electrons. The molecule has 2 amide bonds. The number of hydrazine groups is 1. The highest BCUT2D eigenvalue weighted by Gasteiger charge is 2.37. The van der Waals surface area contributed by atoms with Crippen LogP contribution in [0.15, 0.2) is 30.3 Å². The maximum Gasteiger partial charge on any atom is 0.255 e. The van der Waals surface area contributed by atoms with E-state index >= 15 is 0 Å². The Hall–Kier alpha value is -1.88. The fraction of sp³-hybridized carbons (Fsp3) is 0.529. The molecule has 5 heteroatoms. The molecule has 0 saturated carbocycles. The van der Waals surface area contributed by atoms with Gasteiger partial charge in [0, 0.05) is 13.1 Å². The highest BCUT2D eigenvalue weighted by molar-refractivity contribution is 5.87. The summed E-state index contributed by atoms with van der Waals surface area (Å²) < 4.78 is 0. The van der Waals surface area contributed by atoms with E-state index in [1.54, 1.807) is 10.0 Å². The normalized spacial score (nSPS) is 23.4. The Bertz CT molecular complexity index is 546. The molecule has 2 fully saturated rings. The van der Waals surface area contributed by atoms with Crippen LogP contribution < -0.4 is 0 Å². The first-order chi connectivity index (χ1) is 10.6. The van der Waals surface area contributed by atoms with Crippen LogP contribution in [-0.2, 0) is 16.0 Å². The van der Waals surface area contributed by atoms with E-state index in [4.69, 9.17) is 0 Å². The molecule has 2 saturated heterocycles. The molecule has 1 atom stereocenters. The molecule has 2 aliphatic heterocycles. The van der Waals surface area contributed by atoms with Crippen molar-refractivity contribution in [2.75, 3.05) is 26.2 Å². The first-order valence-electron chi connectivity index (χ1n) is 8.04. The van der Waals surface area contributed by atoms with Gasteiger partial charge in [-0.3, -0.25) is 19.5 Å². The van der Waals surface area contributed by atoms with Crippen LogP contribution >= 0.6 is 0 Å². The van der Waals surface area contributed by atoms with Gasteiger partial charge in [0.05, 0.1) is 19.1 Å².